The van der Waals surface area contributed by atoms with Crippen LogP contribution in [0.4, 0.5) is 5.69 Å². The summed E-state index contributed by atoms with van der Waals surface area (Å²) < 4.78 is 32.4. The highest BCUT2D eigenvalue weighted by molar-refractivity contribution is 7.92. The maximum absolute atomic E-state index is 14.0. The summed E-state index contributed by atoms with van der Waals surface area (Å²) in [5.74, 6) is 0.214. The largest absolute Gasteiger partial charge is 0.497 e. The smallest absolute Gasteiger partial charge is 0.243 e. The van der Waals surface area contributed by atoms with Crippen LogP contribution >= 0.6 is 0 Å². The molecular formula is C34H45N3O5S. The molecule has 0 aliphatic rings. The average Bonchev–Trinajstić information content (AvgIpc) is 2.98. The minimum Gasteiger partial charge on any atom is -0.497 e. The summed E-state index contributed by atoms with van der Waals surface area (Å²) in [6.07, 6.45) is 2.65. The lowest BCUT2D eigenvalue weighted by Gasteiger charge is -2.33. The van der Waals surface area contributed by atoms with Crippen molar-refractivity contribution < 1.29 is 22.7 Å². The van der Waals surface area contributed by atoms with Gasteiger partial charge in [-0.3, -0.25) is 13.9 Å². The van der Waals surface area contributed by atoms with E-state index in [0.717, 1.165) is 28.7 Å². The lowest BCUT2D eigenvalue weighted by Crippen LogP contribution is -2.52. The first kappa shape index (κ1) is 33.6. The Hall–Kier alpha value is -3.85. The molecule has 1 N–H and O–H groups in total. The van der Waals surface area contributed by atoms with Crippen molar-refractivity contribution in [3.63, 3.8) is 0 Å². The van der Waals surface area contributed by atoms with Gasteiger partial charge in [-0.05, 0) is 74.1 Å². The van der Waals surface area contributed by atoms with Crippen molar-refractivity contribution in [2.75, 3.05) is 24.2 Å². The fourth-order valence-corrected chi connectivity index (χ4v) is 5.97. The number of ether oxygens (including phenoxy) is 1. The molecule has 43 heavy (non-hydrogen) atoms. The summed E-state index contributed by atoms with van der Waals surface area (Å²) in [6, 6.07) is 21.8. The fourth-order valence-electron chi connectivity index (χ4n) is 4.95. The number of carbonyl (C=O) groups is 2. The van der Waals surface area contributed by atoms with Crippen LogP contribution in [0.5, 0.6) is 5.75 Å². The maximum Gasteiger partial charge on any atom is 0.243 e. The maximum atomic E-state index is 14.0. The molecule has 2 atom stereocenters. The molecular weight excluding hydrogens is 562 g/mol. The molecule has 9 heteroatoms. The highest BCUT2D eigenvalue weighted by Crippen LogP contribution is 2.26. The fraction of sp³-hybridized carbons (Fsp3) is 0.412. The number of methoxy groups -OCH3 is 1. The first-order valence-electron chi connectivity index (χ1n) is 14.7. The van der Waals surface area contributed by atoms with Crippen molar-refractivity contribution in [3.05, 3.63) is 95.1 Å². The summed E-state index contributed by atoms with van der Waals surface area (Å²) in [5.41, 5.74) is 4.24. The topological polar surface area (TPSA) is 96.0 Å². The molecule has 3 rings (SSSR count). The molecule has 0 radical (unpaired) electrons. The zero-order valence-corrected chi connectivity index (χ0v) is 27.0. The van der Waals surface area contributed by atoms with Crippen molar-refractivity contribution in [2.24, 2.45) is 0 Å². The minimum absolute atomic E-state index is 0.0552. The van der Waals surface area contributed by atoms with E-state index >= 15 is 0 Å². The van der Waals surface area contributed by atoms with E-state index in [0.29, 0.717) is 24.3 Å². The van der Waals surface area contributed by atoms with E-state index in [2.05, 4.69) is 5.32 Å². The van der Waals surface area contributed by atoms with E-state index in [1.165, 1.54) is 10.6 Å². The molecule has 0 saturated carbocycles. The standard InChI is InChI=1S/C34H45N3O5S/c1-7-26(3)35-34(39)32(23-28-15-9-8-10-16-28)36(24-29-17-12-18-30(22-29)42-5)33(38)20-13-21-37(43(6,40)41)31-19-11-14-25(2)27(31)4/h8-12,14-19,22,26,32H,7,13,20-21,23-24H2,1-6H3,(H,35,39)/t26-,32+/m1/s1. The van der Waals surface area contributed by atoms with Crippen molar-refractivity contribution in [2.45, 2.75) is 72.0 Å². The quantitative estimate of drug-likeness (QED) is 0.249. The molecule has 2 amide bonds. The lowest BCUT2D eigenvalue weighted by atomic mass is 10.0. The zero-order valence-electron chi connectivity index (χ0n) is 26.2. The Kier molecular flexibility index (Phi) is 12.2. The monoisotopic (exact) mass is 607 g/mol. The molecule has 0 spiro atoms. The highest BCUT2D eigenvalue weighted by atomic mass is 32.2. The molecule has 8 nitrogen and oxygen atoms in total. The van der Waals surface area contributed by atoms with Crippen LogP contribution in [0.1, 0.15) is 55.4 Å². The molecule has 3 aromatic carbocycles. The predicted octanol–water partition coefficient (Wildman–Crippen LogP) is 5.41. The van der Waals surface area contributed by atoms with Gasteiger partial charge in [-0.1, -0.05) is 61.5 Å². The van der Waals surface area contributed by atoms with E-state index in [9.17, 15) is 18.0 Å². The van der Waals surface area contributed by atoms with E-state index in [1.807, 2.05) is 94.4 Å². The number of amides is 2. The number of anilines is 1. The Morgan fingerprint density at radius 1 is 0.953 bits per heavy atom. The Bertz CT molecular complexity index is 1480. The van der Waals surface area contributed by atoms with E-state index in [-0.39, 0.29) is 37.4 Å². The van der Waals surface area contributed by atoms with E-state index in [1.54, 1.807) is 18.1 Å². The number of carbonyl (C=O) groups excluding carboxylic acids is 2. The summed E-state index contributed by atoms with van der Waals surface area (Å²) in [5, 5.41) is 3.08. The van der Waals surface area contributed by atoms with Gasteiger partial charge in [0.05, 0.1) is 19.1 Å². The van der Waals surface area contributed by atoms with E-state index in [4.69, 9.17) is 4.74 Å². The third-order valence-corrected chi connectivity index (χ3v) is 8.94. The molecule has 0 aliphatic heterocycles. The number of sulfonamides is 1. The second-order valence-electron chi connectivity index (χ2n) is 11.1. The van der Waals surface area contributed by atoms with E-state index < -0.39 is 16.1 Å². The molecule has 3 aromatic rings. The van der Waals surface area contributed by atoms with Crippen LogP contribution in [0.2, 0.25) is 0 Å². The van der Waals surface area contributed by atoms with Crippen molar-refractivity contribution in [1.29, 1.82) is 0 Å². The van der Waals surface area contributed by atoms with Gasteiger partial charge in [-0.2, -0.15) is 0 Å². The minimum atomic E-state index is -3.59. The number of rotatable bonds is 15. The molecule has 0 aliphatic carbocycles. The van der Waals surface area contributed by atoms with Gasteiger partial charge in [0.25, 0.3) is 0 Å². The van der Waals surface area contributed by atoms with Gasteiger partial charge in [0.2, 0.25) is 21.8 Å². The van der Waals surface area contributed by atoms with Gasteiger partial charge in [0.15, 0.2) is 0 Å². The first-order valence-corrected chi connectivity index (χ1v) is 16.6. The molecule has 0 bridgehead atoms. The van der Waals surface area contributed by atoms with Crippen molar-refractivity contribution >= 4 is 27.5 Å². The van der Waals surface area contributed by atoms with Gasteiger partial charge in [0.1, 0.15) is 11.8 Å². The van der Waals surface area contributed by atoms with Gasteiger partial charge in [-0.15, -0.1) is 0 Å². The first-order chi connectivity index (χ1) is 20.4. The third kappa shape index (κ3) is 9.58. The number of aryl methyl sites for hydroxylation is 1. The average molecular weight is 608 g/mol. The van der Waals surface area contributed by atoms with Crippen molar-refractivity contribution in [1.82, 2.24) is 10.2 Å². The predicted molar refractivity (Wildman–Crippen MR) is 173 cm³/mol. The number of nitrogens with one attached hydrogen (secondary N) is 1. The molecule has 0 aromatic heterocycles. The summed E-state index contributed by atoms with van der Waals surface area (Å²) in [6.45, 7) is 8.13. The summed E-state index contributed by atoms with van der Waals surface area (Å²) in [7, 11) is -2.00. The van der Waals surface area contributed by atoms with Crippen LogP contribution < -0.4 is 14.4 Å². The molecule has 0 heterocycles. The summed E-state index contributed by atoms with van der Waals surface area (Å²) in [4.78, 5) is 29.4. The second kappa shape index (κ2) is 15.6. The Labute approximate surface area is 257 Å². The summed E-state index contributed by atoms with van der Waals surface area (Å²) >= 11 is 0. The number of benzene rings is 3. The molecule has 0 unspecified atom stereocenters. The van der Waals surface area contributed by atoms with Crippen molar-refractivity contribution in [3.8, 4) is 5.75 Å². The zero-order chi connectivity index (χ0) is 31.6. The van der Waals surface area contributed by atoms with Crippen LogP contribution in [0.25, 0.3) is 0 Å². The van der Waals surface area contributed by atoms with Crippen LogP contribution in [-0.4, -0.2) is 57.1 Å². The highest BCUT2D eigenvalue weighted by Gasteiger charge is 2.31. The van der Waals surface area contributed by atoms with Gasteiger partial charge >= 0.3 is 0 Å². The van der Waals surface area contributed by atoms with Crippen LogP contribution in [0.15, 0.2) is 72.8 Å². The molecule has 0 fully saturated rings. The number of hydrogen-bond acceptors (Lipinski definition) is 5. The van der Waals surface area contributed by atoms with Gasteiger partial charge < -0.3 is 15.0 Å². The van der Waals surface area contributed by atoms with Crippen LogP contribution in [-0.2, 0) is 32.6 Å². The van der Waals surface area contributed by atoms with Gasteiger partial charge in [0, 0.05) is 32.0 Å². The normalized spacial score (nSPS) is 12.7. The molecule has 232 valence electrons. The van der Waals surface area contributed by atoms with Gasteiger partial charge in [-0.25, -0.2) is 8.42 Å². The number of hydrogen-bond donors (Lipinski definition) is 1. The van der Waals surface area contributed by atoms with Crippen LogP contribution in [0.3, 0.4) is 0 Å². The Balaban J connectivity index is 1.93. The number of nitrogens with zero attached hydrogens (tertiary/aromatic N) is 2. The van der Waals surface area contributed by atoms with Crippen LogP contribution in [0, 0.1) is 13.8 Å². The Morgan fingerprint density at radius 2 is 1.63 bits per heavy atom. The molecule has 0 saturated heterocycles. The SMILES string of the molecule is CC[C@@H](C)NC(=O)[C@H](Cc1ccccc1)N(Cc1cccc(OC)c1)C(=O)CCCN(c1cccc(C)c1C)S(C)(=O)=O. The Morgan fingerprint density at radius 3 is 2.28 bits per heavy atom. The third-order valence-electron chi connectivity index (χ3n) is 7.76. The lowest BCUT2D eigenvalue weighted by molar-refractivity contribution is -0.141. The second-order valence-corrected chi connectivity index (χ2v) is 13.0.